The SMILES string of the molecule is O=C(c1cccc(Cl)c1F)c1csc2ccccc12. The number of rotatable bonds is 2. The Labute approximate surface area is 118 Å². The summed E-state index contributed by atoms with van der Waals surface area (Å²) in [6.07, 6.45) is 0. The Hall–Kier alpha value is -1.71. The molecular formula is C15H8ClFOS. The van der Waals surface area contributed by atoms with Crippen LogP contribution in [0, 0.1) is 5.82 Å². The molecule has 0 fully saturated rings. The van der Waals surface area contributed by atoms with Crippen LogP contribution >= 0.6 is 22.9 Å². The molecule has 0 unspecified atom stereocenters. The first-order chi connectivity index (χ1) is 9.18. The van der Waals surface area contributed by atoms with Crippen LogP contribution in [0.25, 0.3) is 10.1 Å². The Balaban J connectivity index is 2.17. The molecule has 3 rings (SSSR count). The van der Waals surface area contributed by atoms with Gasteiger partial charge in [0.2, 0.25) is 0 Å². The molecule has 2 aromatic carbocycles. The zero-order valence-corrected chi connectivity index (χ0v) is 11.3. The number of carbonyl (C=O) groups is 1. The number of benzene rings is 2. The van der Waals surface area contributed by atoms with Crippen molar-refractivity contribution < 1.29 is 9.18 Å². The Morgan fingerprint density at radius 3 is 2.68 bits per heavy atom. The lowest BCUT2D eigenvalue weighted by atomic mass is 10.0. The van der Waals surface area contributed by atoms with Gasteiger partial charge in [-0.15, -0.1) is 11.3 Å². The second-order valence-corrected chi connectivity index (χ2v) is 5.39. The first kappa shape index (κ1) is 12.3. The highest BCUT2D eigenvalue weighted by atomic mass is 35.5. The van der Waals surface area contributed by atoms with E-state index in [4.69, 9.17) is 11.6 Å². The molecule has 0 aliphatic rings. The molecular weight excluding hydrogens is 283 g/mol. The fourth-order valence-electron chi connectivity index (χ4n) is 1.98. The van der Waals surface area contributed by atoms with E-state index in [0.29, 0.717) is 5.56 Å². The Bertz CT molecular complexity index is 779. The van der Waals surface area contributed by atoms with E-state index in [-0.39, 0.29) is 16.4 Å². The number of hydrogen-bond donors (Lipinski definition) is 0. The lowest BCUT2D eigenvalue weighted by Gasteiger charge is -2.03. The maximum absolute atomic E-state index is 13.9. The van der Waals surface area contributed by atoms with Gasteiger partial charge < -0.3 is 0 Å². The normalized spacial score (nSPS) is 10.8. The molecule has 0 aliphatic carbocycles. The number of halogens is 2. The highest BCUT2D eigenvalue weighted by Gasteiger charge is 2.18. The average molecular weight is 291 g/mol. The second kappa shape index (κ2) is 4.76. The summed E-state index contributed by atoms with van der Waals surface area (Å²) >= 11 is 7.18. The quantitative estimate of drug-likeness (QED) is 0.612. The lowest BCUT2D eigenvalue weighted by molar-refractivity contribution is 0.103. The van der Waals surface area contributed by atoms with Crippen LogP contribution in [0.1, 0.15) is 15.9 Å². The third-order valence-electron chi connectivity index (χ3n) is 2.92. The molecule has 0 aliphatic heterocycles. The van der Waals surface area contributed by atoms with Crippen molar-refractivity contribution in [2.24, 2.45) is 0 Å². The van der Waals surface area contributed by atoms with Crippen LogP contribution in [0.3, 0.4) is 0 Å². The molecule has 0 radical (unpaired) electrons. The summed E-state index contributed by atoms with van der Waals surface area (Å²) in [5.74, 6) is -0.998. The largest absolute Gasteiger partial charge is 0.288 e. The summed E-state index contributed by atoms with van der Waals surface area (Å²) < 4.78 is 14.9. The van der Waals surface area contributed by atoms with Gasteiger partial charge in [0, 0.05) is 21.0 Å². The topological polar surface area (TPSA) is 17.1 Å². The fourth-order valence-corrected chi connectivity index (χ4v) is 3.09. The molecule has 19 heavy (non-hydrogen) atoms. The van der Waals surface area contributed by atoms with Gasteiger partial charge in [-0.05, 0) is 18.2 Å². The first-order valence-electron chi connectivity index (χ1n) is 5.63. The van der Waals surface area contributed by atoms with Crippen LogP contribution in [-0.4, -0.2) is 5.78 Å². The smallest absolute Gasteiger partial charge is 0.197 e. The molecule has 0 spiro atoms. The predicted molar refractivity (Wildman–Crippen MR) is 76.7 cm³/mol. The van der Waals surface area contributed by atoms with Crippen molar-refractivity contribution in [3.63, 3.8) is 0 Å². The van der Waals surface area contributed by atoms with Crippen LogP contribution in [0.5, 0.6) is 0 Å². The van der Waals surface area contributed by atoms with Gasteiger partial charge in [0.15, 0.2) is 11.6 Å². The molecule has 1 aromatic heterocycles. The zero-order chi connectivity index (χ0) is 13.4. The van der Waals surface area contributed by atoms with E-state index in [1.807, 2.05) is 24.3 Å². The summed E-state index contributed by atoms with van der Waals surface area (Å²) in [6, 6.07) is 12.0. The van der Waals surface area contributed by atoms with E-state index in [0.717, 1.165) is 10.1 Å². The van der Waals surface area contributed by atoms with Crippen LogP contribution in [-0.2, 0) is 0 Å². The Kier molecular flexibility index (Phi) is 3.09. The van der Waals surface area contributed by atoms with Gasteiger partial charge in [0.05, 0.1) is 10.6 Å². The Morgan fingerprint density at radius 2 is 1.84 bits per heavy atom. The molecule has 0 saturated heterocycles. The summed E-state index contributed by atoms with van der Waals surface area (Å²) in [5.41, 5.74) is 0.526. The molecule has 0 N–H and O–H groups in total. The van der Waals surface area contributed by atoms with Crippen molar-refractivity contribution in [1.29, 1.82) is 0 Å². The molecule has 0 saturated carbocycles. The molecule has 1 nitrogen and oxygen atoms in total. The molecule has 0 atom stereocenters. The number of carbonyl (C=O) groups excluding carboxylic acids is 1. The third kappa shape index (κ3) is 2.05. The number of fused-ring (bicyclic) bond motifs is 1. The maximum Gasteiger partial charge on any atom is 0.197 e. The predicted octanol–water partition coefficient (Wildman–Crippen LogP) is 4.92. The van der Waals surface area contributed by atoms with E-state index in [1.54, 1.807) is 11.4 Å². The first-order valence-corrected chi connectivity index (χ1v) is 6.89. The monoisotopic (exact) mass is 290 g/mol. The van der Waals surface area contributed by atoms with Crippen molar-refractivity contribution >= 4 is 38.8 Å². The zero-order valence-electron chi connectivity index (χ0n) is 9.69. The summed E-state index contributed by atoms with van der Waals surface area (Å²) in [4.78, 5) is 12.4. The van der Waals surface area contributed by atoms with Gasteiger partial charge in [0.1, 0.15) is 0 Å². The van der Waals surface area contributed by atoms with Gasteiger partial charge in [-0.3, -0.25) is 4.79 Å². The van der Waals surface area contributed by atoms with Crippen LogP contribution < -0.4 is 0 Å². The van der Waals surface area contributed by atoms with E-state index >= 15 is 0 Å². The van der Waals surface area contributed by atoms with E-state index < -0.39 is 5.82 Å². The minimum atomic E-state index is -0.663. The van der Waals surface area contributed by atoms with E-state index in [2.05, 4.69) is 0 Å². The standard InChI is InChI=1S/C15H8ClFOS/c16-12-6-3-5-10(14(12)17)15(18)11-8-19-13-7-2-1-4-9(11)13/h1-8H. The minimum Gasteiger partial charge on any atom is -0.288 e. The molecule has 94 valence electrons. The number of ketones is 1. The average Bonchev–Trinajstić information content (AvgIpc) is 2.85. The maximum atomic E-state index is 13.9. The van der Waals surface area contributed by atoms with Gasteiger partial charge in [-0.2, -0.15) is 0 Å². The van der Waals surface area contributed by atoms with Gasteiger partial charge in [-0.25, -0.2) is 4.39 Å². The number of thiophene rings is 1. The van der Waals surface area contributed by atoms with E-state index in [9.17, 15) is 9.18 Å². The molecule has 3 aromatic rings. The highest BCUT2D eigenvalue weighted by Crippen LogP contribution is 2.29. The lowest BCUT2D eigenvalue weighted by Crippen LogP contribution is -2.03. The minimum absolute atomic E-state index is 0.0102. The summed E-state index contributed by atoms with van der Waals surface area (Å²) in [5, 5.41) is 2.56. The van der Waals surface area contributed by atoms with Crippen molar-refractivity contribution in [1.82, 2.24) is 0 Å². The van der Waals surface area contributed by atoms with Gasteiger partial charge >= 0.3 is 0 Å². The van der Waals surface area contributed by atoms with Crippen LogP contribution in [0.15, 0.2) is 47.8 Å². The van der Waals surface area contributed by atoms with Crippen molar-refractivity contribution in [3.05, 3.63) is 69.8 Å². The van der Waals surface area contributed by atoms with Crippen LogP contribution in [0.2, 0.25) is 5.02 Å². The summed E-state index contributed by atoms with van der Waals surface area (Å²) in [6.45, 7) is 0. The molecule has 0 bridgehead atoms. The molecule has 1 heterocycles. The van der Waals surface area contributed by atoms with Crippen LogP contribution in [0.4, 0.5) is 4.39 Å². The Morgan fingerprint density at radius 1 is 1.05 bits per heavy atom. The van der Waals surface area contributed by atoms with E-state index in [1.165, 1.54) is 23.5 Å². The molecule has 4 heteroatoms. The summed E-state index contributed by atoms with van der Waals surface area (Å²) in [7, 11) is 0. The van der Waals surface area contributed by atoms with Crippen molar-refractivity contribution in [3.8, 4) is 0 Å². The second-order valence-electron chi connectivity index (χ2n) is 4.08. The van der Waals surface area contributed by atoms with Crippen molar-refractivity contribution in [2.45, 2.75) is 0 Å². The highest BCUT2D eigenvalue weighted by molar-refractivity contribution is 7.17. The molecule has 0 amide bonds. The van der Waals surface area contributed by atoms with Gasteiger partial charge in [-0.1, -0.05) is 35.9 Å². The van der Waals surface area contributed by atoms with Gasteiger partial charge in [0.25, 0.3) is 0 Å². The fraction of sp³-hybridized carbons (Fsp3) is 0. The van der Waals surface area contributed by atoms with Crippen molar-refractivity contribution in [2.75, 3.05) is 0 Å². The number of hydrogen-bond acceptors (Lipinski definition) is 2. The third-order valence-corrected chi connectivity index (χ3v) is 4.18.